The molecule has 0 atom stereocenters. The van der Waals surface area contributed by atoms with E-state index >= 15 is 0 Å². The van der Waals surface area contributed by atoms with Gasteiger partial charge in [0.05, 0.1) is 24.9 Å². The maximum Gasteiger partial charge on any atom is 0.168 e. The Hall–Kier alpha value is -2.98. The second kappa shape index (κ2) is 9.25. The Morgan fingerprint density at radius 2 is 1.38 bits per heavy atom. The minimum atomic E-state index is -0.220. The predicted molar refractivity (Wildman–Crippen MR) is 129 cm³/mol. The quantitative estimate of drug-likeness (QED) is 0.347. The topological polar surface area (TPSA) is 38.8 Å². The molecule has 32 heavy (non-hydrogen) atoms. The first-order valence-corrected chi connectivity index (χ1v) is 11.1. The summed E-state index contributed by atoms with van der Waals surface area (Å²) >= 11 is 6.66. The SMILES string of the molecule is COc1ccc(CN(Cc2ccc(OC)cc2)c2cc(C(=O)C3(C)CC3)ccc2Cl)cc1. The second-order valence-electron chi connectivity index (χ2n) is 8.61. The molecule has 0 aromatic heterocycles. The van der Waals surface area contributed by atoms with Gasteiger partial charge in [-0.3, -0.25) is 4.79 Å². The molecule has 0 spiro atoms. The summed E-state index contributed by atoms with van der Waals surface area (Å²) in [4.78, 5) is 15.2. The van der Waals surface area contributed by atoms with Crippen LogP contribution in [0.1, 0.15) is 41.3 Å². The molecule has 0 heterocycles. The molecule has 4 rings (SSSR count). The molecule has 166 valence electrons. The van der Waals surface area contributed by atoms with Gasteiger partial charge in [0.1, 0.15) is 11.5 Å². The highest BCUT2D eigenvalue weighted by molar-refractivity contribution is 6.33. The lowest BCUT2D eigenvalue weighted by atomic mass is 9.96. The number of ether oxygens (including phenoxy) is 2. The fourth-order valence-electron chi connectivity index (χ4n) is 3.79. The first-order chi connectivity index (χ1) is 15.4. The lowest BCUT2D eigenvalue weighted by molar-refractivity contribution is 0.0912. The number of carbonyl (C=O) groups is 1. The van der Waals surface area contributed by atoms with E-state index in [2.05, 4.69) is 4.90 Å². The number of halogens is 1. The van der Waals surface area contributed by atoms with Crippen molar-refractivity contribution in [2.75, 3.05) is 19.1 Å². The summed E-state index contributed by atoms with van der Waals surface area (Å²) in [6, 6.07) is 21.6. The molecule has 0 saturated heterocycles. The van der Waals surface area contributed by atoms with Crippen LogP contribution in [0.15, 0.2) is 66.7 Å². The molecule has 0 unspecified atom stereocenters. The van der Waals surface area contributed by atoms with Gasteiger partial charge in [-0.05, 0) is 66.4 Å². The van der Waals surface area contributed by atoms with Gasteiger partial charge < -0.3 is 14.4 Å². The smallest absolute Gasteiger partial charge is 0.168 e. The summed E-state index contributed by atoms with van der Waals surface area (Å²) in [5, 5.41) is 0.629. The molecule has 0 radical (unpaired) electrons. The maximum absolute atomic E-state index is 13.0. The predicted octanol–water partition coefficient (Wildman–Crippen LogP) is 6.55. The third kappa shape index (κ3) is 4.91. The van der Waals surface area contributed by atoms with Gasteiger partial charge in [-0.15, -0.1) is 0 Å². The molecule has 4 nitrogen and oxygen atoms in total. The first-order valence-electron chi connectivity index (χ1n) is 10.8. The average molecular weight is 450 g/mol. The van der Waals surface area contributed by atoms with Gasteiger partial charge in [0.2, 0.25) is 0 Å². The molecule has 0 N–H and O–H groups in total. The Balaban J connectivity index is 1.67. The fourth-order valence-corrected chi connectivity index (χ4v) is 4.03. The van der Waals surface area contributed by atoms with E-state index in [9.17, 15) is 4.79 Å². The number of methoxy groups -OCH3 is 2. The maximum atomic E-state index is 13.0. The van der Waals surface area contributed by atoms with Gasteiger partial charge in [0.15, 0.2) is 5.78 Å². The van der Waals surface area contributed by atoms with Crippen molar-refractivity contribution in [2.24, 2.45) is 5.41 Å². The van der Waals surface area contributed by atoms with Crippen LogP contribution < -0.4 is 14.4 Å². The molecule has 1 fully saturated rings. The van der Waals surface area contributed by atoms with E-state index in [1.807, 2.05) is 73.7 Å². The van der Waals surface area contributed by atoms with Crippen molar-refractivity contribution < 1.29 is 14.3 Å². The minimum absolute atomic E-state index is 0.198. The molecule has 1 aliphatic carbocycles. The summed E-state index contributed by atoms with van der Waals surface area (Å²) in [5.41, 5.74) is 3.61. The van der Waals surface area contributed by atoms with Crippen molar-refractivity contribution in [3.8, 4) is 11.5 Å². The van der Waals surface area contributed by atoms with Gasteiger partial charge in [-0.1, -0.05) is 42.8 Å². The van der Waals surface area contributed by atoms with Gasteiger partial charge in [-0.2, -0.15) is 0 Å². The van der Waals surface area contributed by atoms with Crippen LogP contribution in [0, 0.1) is 5.41 Å². The van der Waals surface area contributed by atoms with Crippen LogP contribution in [0.2, 0.25) is 5.02 Å². The highest BCUT2D eigenvalue weighted by atomic mass is 35.5. The van der Waals surface area contributed by atoms with Crippen molar-refractivity contribution in [3.05, 3.63) is 88.4 Å². The number of hydrogen-bond donors (Lipinski definition) is 0. The minimum Gasteiger partial charge on any atom is -0.497 e. The number of carbonyl (C=O) groups excluding carboxylic acids is 1. The third-order valence-electron chi connectivity index (χ3n) is 6.16. The Morgan fingerprint density at radius 1 is 0.875 bits per heavy atom. The lowest BCUT2D eigenvalue weighted by Gasteiger charge is -2.27. The Labute approximate surface area is 194 Å². The van der Waals surface area contributed by atoms with Crippen molar-refractivity contribution in [1.29, 1.82) is 0 Å². The summed E-state index contributed by atoms with van der Waals surface area (Å²) in [6.07, 6.45) is 1.90. The molecule has 5 heteroatoms. The Kier molecular flexibility index (Phi) is 6.43. The number of hydrogen-bond acceptors (Lipinski definition) is 4. The van der Waals surface area contributed by atoms with E-state index in [0.717, 1.165) is 46.7 Å². The molecule has 3 aromatic rings. The Bertz CT molecular complexity index is 1040. The zero-order valence-electron chi connectivity index (χ0n) is 18.7. The fraction of sp³-hybridized carbons (Fsp3) is 0.296. The highest BCUT2D eigenvalue weighted by Crippen LogP contribution is 2.48. The summed E-state index contributed by atoms with van der Waals surface area (Å²) < 4.78 is 10.6. The van der Waals surface area contributed by atoms with E-state index in [-0.39, 0.29) is 11.2 Å². The van der Waals surface area contributed by atoms with E-state index in [4.69, 9.17) is 21.1 Å². The normalized spacial score (nSPS) is 14.0. The largest absolute Gasteiger partial charge is 0.497 e. The zero-order valence-corrected chi connectivity index (χ0v) is 19.5. The Morgan fingerprint density at radius 3 is 1.81 bits per heavy atom. The van der Waals surface area contributed by atoms with Crippen LogP contribution in [-0.4, -0.2) is 20.0 Å². The van der Waals surface area contributed by atoms with E-state index in [1.165, 1.54) is 0 Å². The van der Waals surface area contributed by atoms with Gasteiger partial charge in [0, 0.05) is 24.1 Å². The molecule has 0 bridgehead atoms. The number of Topliss-reactive ketones (excluding diaryl/α,β-unsaturated/α-hetero) is 1. The standard InChI is InChI=1S/C27H28ClNO3/c1-27(14-15-27)26(30)21-8-13-24(28)25(16-21)29(17-19-4-9-22(31-2)10-5-19)18-20-6-11-23(32-3)12-7-20/h4-13,16H,14-15,17-18H2,1-3H3. The number of nitrogens with zero attached hydrogens (tertiary/aromatic N) is 1. The van der Waals surface area contributed by atoms with Crippen molar-refractivity contribution in [3.63, 3.8) is 0 Å². The number of benzene rings is 3. The van der Waals surface area contributed by atoms with E-state index in [0.29, 0.717) is 18.1 Å². The molecule has 1 saturated carbocycles. The van der Waals surface area contributed by atoms with Gasteiger partial charge in [-0.25, -0.2) is 0 Å². The van der Waals surface area contributed by atoms with Crippen molar-refractivity contribution >= 4 is 23.1 Å². The van der Waals surface area contributed by atoms with E-state index < -0.39 is 0 Å². The molecule has 0 amide bonds. The molecular formula is C27H28ClNO3. The number of anilines is 1. The van der Waals surface area contributed by atoms with Crippen LogP contribution in [0.3, 0.4) is 0 Å². The second-order valence-corrected chi connectivity index (χ2v) is 9.02. The van der Waals surface area contributed by atoms with Crippen LogP contribution in [0.25, 0.3) is 0 Å². The first kappa shape index (κ1) is 22.2. The monoisotopic (exact) mass is 449 g/mol. The highest BCUT2D eigenvalue weighted by Gasteiger charge is 2.45. The number of ketones is 1. The van der Waals surface area contributed by atoms with Crippen LogP contribution in [0.5, 0.6) is 11.5 Å². The zero-order chi connectivity index (χ0) is 22.7. The van der Waals surface area contributed by atoms with Gasteiger partial charge in [0.25, 0.3) is 0 Å². The van der Waals surface area contributed by atoms with Crippen LogP contribution in [0.4, 0.5) is 5.69 Å². The summed E-state index contributed by atoms with van der Waals surface area (Å²) in [5.74, 6) is 1.83. The van der Waals surface area contributed by atoms with Crippen LogP contribution >= 0.6 is 11.6 Å². The van der Waals surface area contributed by atoms with Crippen LogP contribution in [-0.2, 0) is 13.1 Å². The van der Waals surface area contributed by atoms with Crippen molar-refractivity contribution in [2.45, 2.75) is 32.9 Å². The van der Waals surface area contributed by atoms with Gasteiger partial charge >= 0.3 is 0 Å². The summed E-state index contributed by atoms with van der Waals surface area (Å²) in [7, 11) is 3.32. The molecule has 1 aliphatic rings. The molecule has 3 aromatic carbocycles. The number of rotatable bonds is 9. The average Bonchev–Trinajstić information content (AvgIpc) is 3.58. The molecular weight excluding hydrogens is 422 g/mol. The molecule has 0 aliphatic heterocycles. The van der Waals surface area contributed by atoms with Crippen molar-refractivity contribution in [1.82, 2.24) is 0 Å². The van der Waals surface area contributed by atoms with E-state index in [1.54, 1.807) is 14.2 Å². The summed E-state index contributed by atoms with van der Waals surface area (Å²) in [6.45, 7) is 3.32. The third-order valence-corrected chi connectivity index (χ3v) is 6.48. The lowest BCUT2D eigenvalue weighted by Crippen LogP contribution is -2.23.